The van der Waals surface area contributed by atoms with Gasteiger partial charge in [-0.15, -0.1) is 0 Å². The maximum Gasteiger partial charge on any atom is 0.254 e. The van der Waals surface area contributed by atoms with Crippen molar-refractivity contribution in [1.82, 2.24) is 10.0 Å². The molecule has 0 saturated carbocycles. The van der Waals surface area contributed by atoms with Gasteiger partial charge in [0.2, 0.25) is 0 Å². The van der Waals surface area contributed by atoms with Crippen molar-refractivity contribution in [3.63, 3.8) is 0 Å². The van der Waals surface area contributed by atoms with E-state index in [4.69, 9.17) is 5.26 Å². The van der Waals surface area contributed by atoms with E-state index in [2.05, 4.69) is 0 Å². The van der Waals surface area contributed by atoms with Crippen molar-refractivity contribution >= 4 is 5.91 Å². The van der Waals surface area contributed by atoms with Gasteiger partial charge in [0.25, 0.3) is 12.3 Å². The van der Waals surface area contributed by atoms with Crippen molar-refractivity contribution in [2.24, 2.45) is 5.41 Å². The van der Waals surface area contributed by atoms with Crippen molar-refractivity contribution in [2.45, 2.75) is 32.2 Å². The molecular formula is C16H16F3N3O. The summed E-state index contributed by atoms with van der Waals surface area (Å²) in [6.45, 7) is 2.03. The second-order valence-electron chi connectivity index (χ2n) is 6.04. The number of hydrazine groups is 1. The van der Waals surface area contributed by atoms with Gasteiger partial charge in [0.05, 0.1) is 17.7 Å². The predicted molar refractivity (Wildman–Crippen MR) is 75.6 cm³/mol. The monoisotopic (exact) mass is 323 g/mol. The van der Waals surface area contributed by atoms with Crippen LogP contribution in [0.15, 0.2) is 18.2 Å². The molecule has 3 rings (SSSR count). The summed E-state index contributed by atoms with van der Waals surface area (Å²) in [5.41, 5.74) is -1.07. The normalized spacial score (nSPS) is 27.6. The van der Waals surface area contributed by atoms with E-state index < -0.39 is 29.6 Å². The van der Waals surface area contributed by atoms with Crippen LogP contribution in [0.1, 0.15) is 36.9 Å². The summed E-state index contributed by atoms with van der Waals surface area (Å²) in [4.78, 5) is 12.7. The van der Waals surface area contributed by atoms with Gasteiger partial charge in [0.15, 0.2) is 0 Å². The molecule has 2 aliphatic rings. The number of hydrogen-bond donors (Lipinski definition) is 0. The molecule has 0 unspecified atom stereocenters. The topological polar surface area (TPSA) is 47.3 Å². The van der Waals surface area contributed by atoms with Gasteiger partial charge in [0, 0.05) is 13.1 Å². The molecule has 2 heterocycles. The van der Waals surface area contributed by atoms with Crippen LogP contribution < -0.4 is 0 Å². The molecule has 0 spiro atoms. The fourth-order valence-electron chi connectivity index (χ4n) is 3.50. The maximum absolute atomic E-state index is 13.7. The van der Waals surface area contributed by atoms with Crippen LogP contribution in [0.2, 0.25) is 0 Å². The summed E-state index contributed by atoms with van der Waals surface area (Å²) in [7, 11) is 0. The molecule has 4 nitrogen and oxygen atoms in total. The van der Waals surface area contributed by atoms with Gasteiger partial charge in [-0.1, -0.05) is 6.92 Å². The molecule has 2 fully saturated rings. The third-order valence-corrected chi connectivity index (χ3v) is 4.84. The van der Waals surface area contributed by atoms with E-state index in [1.54, 1.807) is 11.9 Å². The first-order valence-electron chi connectivity index (χ1n) is 7.50. The Balaban J connectivity index is 1.98. The average molecular weight is 323 g/mol. The number of rotatable bonds is 3. The second kappa shape index (κ2) is 5.53. The van der Waals surface area contributed by atoms with Crippen molar-refractivity contribution < 1.29 is 18.0 Å². The van der Waals surface area contributed by atoms with Crippen molar-refractivity contribution in [2.75, 3.05) is 13.1 Å². The highest BCUT2D eigenvalue weighted by atomic mass is 19.3. The summed E-state index contributed by atoms with van der Waals surface area (Å²) in [5.74, 6) is -1.18. The Morgan fingerprint density at radius 3 is 2.78 bits per heavy atom. The number of nitrogens with zero attached hydrogens (tertiary/aromatic N) is 3. The van der Waals surface area contributed by atoms with E-state index in [-0.39, 0.29) is 18.5 Å². The summed E-state index contributed by atoms with van der Waals surface area (Å²) < 4.78 is 40.6. The van der Waals surface area contributed by atoms with Gasteiger partial charge in [-0.2, -0.15) is 5.26 Å². The molecule has 2 aliphatic heterocycles. The highest BCUT2D eigenvalue weighted by molar-refractivity contribution is 5.85. The largest absolute Gasteiger partial charge is 0.272 e. The predicted octanol–water partition coefficient (Wildman–Crippen LogP) is 2.86. The zero-order valence-corrected chi connectivity index (χ0v) is 12.6. The molecule has 7 heteroatoms. The fourth-order valence-corrected chi connectivity index (χ4v) is 3.50. The Kier molecular flexibility index (Phi) is 3.80. The Labute approximate surface area is 132 Å². The van der Waals surface area contributed by atoms with Crippen molar-refractivity contribution in [1.29, 1.82) is 5.26 Å². The Morgan fingerprint density at radius 1 is 1.43 bits per heavy atom. The van der Waals surface area contributed by atoms with Gasteiger partial charge in [-0.3, -0.25) is 9.80 Å². The minimum atomic E-state index is -2.74. The standard InChI is InChI=1S/C16H16F3N3O/c1-2-16(14(18)19)9-21-4-3-13(22(21)15(16)23)11-5-10(8-20)6-12(17)7-11/h5-7,13-14H,2-4,9H2,1H3/t13-,16-/m1/s1. The van der Waals surface area contributed by atoms with Crippen LogP contribution in [0.25, 0.3) is 0 Å². The minimum Gasteiger partial charge on any atom is -0.272 e. The first kappa shape index (κ1) is 15.8. The maximum atomic E-state index is 13.7. The molecule has 23 heavy (non-hydrogen) atoms. The molecule has 122 valence electrons. The zero-order chi connectivity index (χ0) is 16.8. The molecule has 0 bridgehead atoms. The fraction of sp³-hybridized carbons (Fsp3) is 0.500. The van der Waals surface area contributed by atoms with Gasteiger partial charge in [-0.05, 0) is 36.6 Å². The Morgan fingerprint density at radius 2 is 2.17 bits per heavy atom. The van der Waals surface area contributed by atoms with Crippen molar-refractivity contribution in [3.05, 3.63) is 35.1 Å². The molecule has 1 aromatic carbocycles. The third-order valence-electron chi connectivity index (χ3n) is 4.84. The molecule has 0 N–H and O–H groups in total. The van der Waals surface area contributed by atoms with Crippen LogP contribution in [0.3, 0.4) is 0 Å². The minimum absolute atomic E-state index is 0.0169. The molecule has 0 radical (unpaired) electrons. The number of alkyl halides is 2. The lowest BCUT2D eigenvalue weighted by atomic mass is 9.84. The molecule has 2 atom stereocenters. The number of carbonyl (C=O) groups excluding carboxylic acids is 1. The SMILES string of the molecule is CC[C@]1(C(F)F)CN2CC[C@H](c3cc(F)cc(C#N)c3)N2C1=O. The van der Waals surface area contributed by atoms with Crippen LogP contribution in [-0.2, 0) is 4.79 Å². The lowest BCUT2D eigenvalue weighted by molar-refractivity contribution is -0.148. The summed E-state index contributed by atoms with van der Waals surface area (Å²) >= 11 is 0. The van der Waals surface area contributed by atoms with Gasteiger partial charge < -0.3 is 0 Å². The molecule has 1 amide bonds. The number of amides is 1. The highest BCUT2D eigenvalue weighted by Crippen LogP contribution is 2.46. The lowest BCUT2D eigenvalue weighted by Gasteiger charge is -2.27. The van der Waals surface area contributed by atoms with Crippen LogP contribution in [-0.4, -0.2) is 35.4 Å². The number of benzene rings is 1. The van der Waals surface area contributed by atoms with Gasteiger partial charge in [-0.25, -0.2) is 18.2 Å². The van der Waals surface area contributed by atoms with E-state index in [0.717, 1.165) is 6.07 Å². The van der Waals surface area contributed by atoms with Crippen LogP contribution in [0.5, 0.6) is 0 Å². The van der Waals surface area contributed by atoms with Crippen molar-refractivity contribution in [3.8, 4) is 6.07 Å². The third kappa shape index (κ3) is 2.29. The van der Waals surface area contributed by atoms with Crippen LogP contribution in [0.4, 0.5) is 13.2 Å². The molecule has 2 saturated heterocycles. The highest BCUT2D eigenvalue weighted by Gasteiger charge is 2.59. The van der Waals surface area contributed by atoms with Crippen LogP contribution in [0, 0.1) is 22.6 Å². The number of nitriles is 1. The summed E-state index contributed by atoms with van der Waals surface area (Å²) in [6, 6.07) is 5.25. The smallest absolute Gasteiger partial charge is 0.254 e. The molecular weight excluding hydrogens is 307 g/mol. The molecule has 0 aliphatic carbocycles. The number of hydrogen-bond acceptors (Lipinski definition) is 3. The number of fused-ring (bicyclic) bond motifs is 1. The zero-order valence-electron chi connectivity index (χ0n) is 12.6. The first-order chi connectivity index (χ1) is 10.9. The second-order valence-corrected chi connectivity index (χ2v) is 6.04. The Hall–Kier alpha value is -2.07. The number of carbonyl (C=O) groups is 1. The van der Waals surface area contributed by atoms with Gasteiger partial charge >= 0.3 is 0 Å². The summed E-state index contributed by atoms with van der Waals surface area (Å²) in [6.07, 6.45) is -2.16. The summed E-state index contributed by atoms with van der Waals surface area (Å²) in [5, 5.41) is 11.9. The average Bonchev–Trinajstić information content (AvgIpc) is 3.05. The molecule has 1 aromatic rings. The van der Waals surface area contributed by atoms with E-state index in [9.17, 15) is 18.0 Å². The lowest BCUT2D eigenvalue weighted by Crippen LogP contribution is -2.41. The van der Waals surface area contributed by atoms with E-state index in [1.165, 1.54) is 17.1 Å². The first-order valence-corrected chi connectivity index (χ1v) is 7.50. The molecule has 0 aromatic heterocycles. The van der Waals surface area contributed by atoms with E-state index >= 15 is 0 Å². The van der Waals surface area contributed by atoms with Crippen LogP contribution >= 0.6 is 0 Å². The quantitative estimate of drug-likeness (QED) is 0.859. The van der Waals surface area contributed by atoms with Gasteiger partial charge in [0.1, 0.15) is 11.2 Å². The number of halogens is 3. The van der Waals surface area contributed by atoms with E-state index in [0.29, 0.717) is 18.5 Å². The Bertz CT molecular complexity index is 688. The van der Waals surface area contributed by atoms with E-state index in [1.807, 2.05) is 6.07 Å².